The lowest BCUT2D eigenvalue weighted by molar-refractivity contribution is -0.112. The molecule has 69 heavy (non-hydrogen) atoms. The maximum absolute atomic E-state index is 10.7. The van der Waals surface area contributed by atoms with Gasteiger partial charge in [0.25, 0.3) is 0 Å². The zero-order valence-corrected chi connectivity index (χ0v) is 49.9. The van der Waals surface area contributed by atoms with Crippen molar-refractivity contribution in [1.29, 1.82) is 0 Å². The summed E-state index contributed by atoms with van der Waals surface area (Å²) in [6.45, 7) is 15.9. The van der Waals surface area contributed by atoms with Gasteiger partial charge < -0.3 is 20.4 Å². The summed E-state index contributed by atoms with van der Waals surface area (Å²) >= 11 is 15.2. The molecule has 0 aromatic heterocycles. The second-order valence-corrected chi connectivity index (χ2v) is 22.6. The Balaban J connectivity index is -0.000000250. The quantitative estimate of drug-likeness (QED) is 0.0222. The van der Waals surface area contributed by atoms with Crippen molar-refractivity contribution in [2.75, 3.05) is 26.4 Å². The third-order valence-corrected chi connectivity index (χ3v) is 13.4. The van der Waals surface area contributed by atoms with Crippen LogP contribution in [0.4, 0.5) is 0 Å². The van der Waals surface area contributed by atoms with Gasteiger partial charge in [-0.2, -0.15) is 0 Å². The molecule has 0 aliphatic heterocycles. The molecule has 0 amide bonds. The molecule has 0 heterocycles. The highest BCUT2D eigenvalue weighted by atomic mass is 32.1. The fourth-order valence-corrected chi connectivity index (χ4v) is 8.95. The van der Waals surface area contributed by atoms with E-state index in [0.717, 1.165) is 0 Å². The van der Waals surface area contributed by atoms with Crippen molar-refractivity contribution in [3.05, 3.63) is 0 Å². The molecule has 0 aromatic rings. The number of aliphatic hydroxyl groups excluding tert-OH is 4. The number of thiol groups is 4. The first-order valence-electron chi connectivity index (χ1n) is 28.2. The van der Waals surface area contributed by atoms with Crippen LogP contribution in [0.2, 0.25) is 0 Å². The molecule has 0 saturated heterocycles. The van der Waals surface area contributed by atoms with E-state index in [9.17, 15) is 19.2 Å². The lowest BCUT2D eigenvalue weighted by atomic mass is 9.93. The molecule has 0 spiro atoms. The van der Waals surface area contributed by atoms with Crippen molar-refractivity contribution in [2.24, 2.45) is 29.1 Å². The van der Waals surface area contributed by atoms with Gasteiger partial charge in [0, 0.05) is 25.7 Å². The smallest absolute Gasteiger partial charge is 0.186 e. The van der Waals surface area contributed by atoms with Crippen LogP contribution >= 0.6 is 50.5 Å². The first-order valence-corrected chi connectivity index (χ1v) is 30.0. The van der Waals surface area contributed by atoms with Crippen LogP contribution in [0.3, 0.4) is 0 Å². The number of hydrogen-bond acceptors (Lipinski definition) is 8. The van der Waals surface area contributed by atoms with Crippen molar-refractivity contribution >= 4 is 71.0 Å². The molecule has 0 aromatic carbocycles. The Bertz CT molecular complexity index is 916. The van der Waals surface area contributed by atoms with Crippen LogP contribution in [0.5, 0.6) is 0 Å². The molecular formula is C57H116O8S4. The average Bonchev–Trinajstić information content (AvgIpc) is 3.29. The number of unbranched alkanes of at least 4 members (excludes halogenated alkanes) is 24. The van der Waals surface area contributed by atoms with E-state index in [-0.39, 0.29) is 20.5 Å². The molecule has 0 fully saturated rings. The Kier molecular flexibility index (Phi) is 70.2. The first-order chi connectivity index (χ1) is 32.9. The van der Waals surface area contributed by atoms with E-state index < -0.39 is 31.8 Å². The standard InChI is InChI=1S/4C13H26OS.C5H12O4/c4*1-3-4-5-6-7-8-9-10-12(2)11-13(14)15;6-1-5(2-7,3-8)4-9/h4*12H,3-11H2,1-2H3,(H,14,15);6-9H,1-4H2. The third-order valence-electron chi connectivity index (χ3n) is 12.6. The number of aliphatic hydroxyl groups is 4. The molecule has 4 N–H and O–H groups in total. The Labute approximate surface area is 450 Å². The Hall–Kier alpha value is -0.0800. The number of carbonyl (C=O) groups is 4. The summed E-state index contributed by atoms with van der Waals surface area (Å²) in [4.78, 5) is 42.9. The minimum Gasteiger partial charge on any atom is -0.396 e. The lowest BCUT2D eigenvalue weighted by Gasteiger charge is -2.23. The third kappa shape index (κ3) is 72.2. The van der Waals surface area contributed by atoms with E-state index in [1.807, 2.05) is 0 Å². The highest BCUT2D eigenvalue weighted by Gasteiger charge is 2.26. The summed E-state index contributed by atoms with van der Waals surface area (Å²) in [7, 11) is 0. The average molecular weight is 1060 g/mol. The summed E-state index contributed by atoms with van der Waals surface area (Å²) < 4.78 is 0. The van der Waals surface area contributed by atoms with Gasteiger partial charge in [0.1, 0.15) is 0 Å². The molecule has 4 atom stereocenters. The summed E-state index contributed by atoms with van der Waals surface area (Å²) in [5, 5.41) is 34.1. The Morgan fingerprint density at radius 2 is 0.449 bits per heavy atom. The molecule has 8 nitrogen and oxygen atoms in total. The molecule has 12 heteroatoms. The molecule has 0 saturated carbocycles. The Morgan fingerprint density at radius 3 is 0.565 bits per heavy atom. The molecule has 0 radical (unpaired) electrons. The van der Waals surface area contributed by atoms with Crippen molar-refractivity contribution in [3.63, 3.8) is 0 Å². The van der Waals surface area contributed by atoms with Gasteiger partial charge in [0.15, 0.2) is 20.5 Å². The van der Waals surface area contributed by atoms with Crippen LogP contribution in [0.15, 0.2) is 0 Å². The van der Waals surface area contributed by atoms with Crippen molar-refractivity contribution in [1.82, 2.24) is 0 Å². The fraction of sp³-hybridized carbons (Fsp3) is 0.930. The molecule has 0 aliphatic rings. The molecule has 0 rings (SSSR count). The number of rotatable bonds is 44. The van der Waals surface area contributed by atoms with Gasteiger partial charge in [0.05, 0.1) is 31.8 Å². The first kappa shape index (κ1) is 77.8. The van der Waals surface area contributed by atoms with Gasteiger partial charge in [-0.1, -0.05) is 261 Å². The molecule has 0 aliphatic carbocycles. The molecule has 0 bridgehead atoms. The van der Waals surface area contributed by atoms with Crippen molar-refractivity contribution < 1.29 is 39.6 Å². The van der Waals surface area contributed by atoms with Gasteiger partial charge in [-0.3, -0.25) is 19.2 Å². The van der Waals surface area contributed by atoms with Gasteiger partial charge in [-0.15, -0.1) is 50.5 Å². The highest BCUT2D eigenvalue weighted by molar-refractivity contribution is 7.97. The minimum absolute atomic E-state index is 0.0328. The van der Waals surface area contributed by atoms with E-state index in [0.29, 0.717) is 49.4 Å². The zero-order valence-electron chi connectivity index (χ0n) is 46.3. The largest absolute Gasteiger partial charge is 0.396 e. The van der Waals surface area contributed by atoms with E-state index >= 15 is 0 Å². The van der Waals surface area contributed by atoms with Crippen molar-refractivity contribution in [3.8, 4) is 0 Å². The van der Waals surface area contributed by atoms with Crippen molar-refractivity contribution in [2.45, 2.75) is 287 Å². The van der Waals surface area contributed by atoms with Crippen LogP contribution < -0.4 is 0 Å². The van der Waals surface area contributed by atoms with Crippen LogP contribution in [0, 0.1) is 29.1 Å². The predicted octanol–water partition coefficient (Wildman–Crippen LogP) is 16.4. The van der Waals surface area contributed by atoms with Gasteiger partial charge in [-0.25, -0.2) is 0 Å². The van der Waals surface area contributed by atoms with Crippen LogP contribution in [-0.2, 0) is 19.2 Å². The number of hydrogen-bond donors (Lipinski definition) is 8. The molecule has 416 valence electrons. The molecule has 4 unspecified atom stereocenters. The maximum atomic E-state index is 10.7. The fourth-order valence-electron chi connectivity index (χ4n) is 7.70. The highest BCUT2D eigenvalue weighted by Crippen LogP contribution is 2.19. The summed E-state index contributed by atoms with van der Waals surface area (Å²) in [5.41, 5.74) is -1.11. The topological polar surface area (TPSA) is 149 Å². The second kappa shape index (κ2) is 62.2. The summed E-state index contributed by atoms with van der Waals surface area (Å²) in [6, 6.07) is 0. The number of carbonyl (C=O) groups excluding carboxylic acids is 4. The van der Waals surface area contributed by atoms with Gasteiger partial charge >= 0.3 is 0 Å². The molecular weight excluding hydrogens is 941 g/mol. The summed E-state index contributed by atoms with van der Waals surface area (Å²) in [6.07, 6.45) is 45.0. The lowest BCUT2D eigenvalue weighted by Crippen LogP contribution is -2.37. The zero-order chi connectivity index (χ0) is 53.4. The van der Waals surface area contributed by atoms with Crippen LogP contribution in [0.1, 0.15) is 287 Å². The van der Waals surface area contributed by atoms with E-state index in [1.54, 1.807) is 0 Å². The Morgan fingerprint density at radius 1 is 0.304 bits per heavy atom. The van der Waals surface area contributed by atoms with Crippen LogP contribution in [-0.4, -0.2) is 67.3 Å². The van der Waals surface area contributed by atoms with E-state index in [4.69, 9.17) is 20.4 Å². The predicted molar refractivity (Wildman–Crippen MR) is 312 cm³/mol. The van der Waals surface area contributed by atoms with Gasteiger partial charge in [-0.05, 0) is 23.7 Å². The van der Waals surface area contributed by atoms with E-state index in [1.165, 1.54) is 205 Å². The minimum atomic E-state index is -1.11. The monoisotopic (exact) mass is 1060 g/mol. The normalized spacial score (nSPS) is 12.6. The summed E-state index contributed by atoms with van der Waals surface area (Å²) in [5.74, 6) is 2.08. The van der Waals surface area contributed by atoms with E-state index in [2.05, 4.69) is 106 Å². The maximum Gasteiger partial charge on any atom is 0.186 e. The van der Waals surface area contributed by atoms with Gasteiger partial charge in [0.2, 0.25) is 0 Å². The van der Waals surface area contributed by atoms with Crippen LogP contribution in [0.25, 0.3) is 0 Å². The SMILES string of the molecule is CCCCCCCCCC(C)CC(=O)S.CCCCCCCCCC(C)CC(=O)S.CCCCCCCCCC(C)CC(=O)S.CCCCCCCCCC(C)CC(=O)S.OCC(CO)(CO)CO. The second-order valence-electron chi connectivity index (χ2n) is 20.6.